The third-order valence-corrected chi connectivity index (χ3v) is 6.89. The molecule has 1 aromatic carbocycles. The SMILES string of the molecule is CCCCC(=O)N[N+](OCC)(OCC)C(NC(=O)CCC)(OCC)c1cc(NC(=O)COCC)c(OCC)c(CC)c1NC(=O)CC. The minimum atomic E-state index is -2.15. The monoisotopic (exact) mass is 668 g/mol. The Kier molecular flexibility index (Phi) is 19.1. The molecule has 14 heteroatoms. The molecule has 0 aromatic heterocycles. The molecule has 0 fully saturated rings. The molecule has 0 aliphatic carbocycles. The van der Waals surface area contributed by atoms with Crippen LogP contribution in [0.5, 0.6) is 5.75 Å². The van der Waals surface area contributed by atoms with E-state index in [0.717, 1.165) is 6.42 Å². The predicted molar refractivity (Wildman–Crippen MR) is 179 cm³/mol. The molecule has 0 bridgehead atoms. The Morgan fingerprint density at radius 1 is 0.745 bits per heavy atom. The maximum absolute atomic E-state index is 13.7. The Bertz CT molecular complexity index is 1160. The van der Waals surface area contributed by atoms with Crippen molar-refractivity contribution in [3.05, 3.63) is 17.2 Å². The van der Waals surface area contributed by atoms with Crippen LogP contribution < -0.4 is 26.1 Å². The van der Waals surface area contributed by atoms with Crippen LogP contribution >= 0.6 is 0 Å². The Balaban J connectivity index is 4.56. The van der Waals surface area contributed by atoms with E-state index in [0.29, 0.717) is 37.2 Å². The van der Waals surface area contributed by atoms with E-state index in [1.807, 2.05) is 20.8 Å². The molecule has 0 spiro atoms. The summed E-state index contributed by atoms with van der Waals surface area (Å²) in [6, 6.07) is 1.55. The summed E-state index contributed by atoms with van der Waals surface area (Å²) in [6.45, 7) is 16.5. The van der Waals surface area contributed by atoms with Gasteiger partial charge in [-0.25, -0.2) is 0 Å². The smallest absolute Gasteiger partial charge is 0.404 e. The van der Waals surface area contributed by atoms with Crippen molar-refractivity contribution in [2.75, 3.05) is 50.3 Å². The number of nitrogens with zero attached hydrogens (tertiary/aromatic N) is 1. The van der Waals surface area contributed by atoms with E-state index in [4.69, 9.17) is 23.9 Å². The molecule has 1 rings (SSSR count). The van der Waals surface area contributed by atoms with Crippen molar-refractivity contribution in [3.8, 4) is 5.75 Å². The number of amides is 4. The second kappa shape index (κ2) is 21.5. The second-order valence-electron chi connectivity index (χ2n) is 10.4. The van der Waals surface area contributed by atoms with E-state index in [2.05, 4.69) is 21.4 Å². The lowest BCUT2D eigenvalue weighted by molar-refractivity contribution is -1.32. The number of nitrogens with one attached hydrogen (secondary N) is 4. The zero-order chi connectivity index (χ0) is 35.5. The highest BCUT2D eigenvalue weighted by molar-refractivity contribution is 5.97. The number of ether oxygens (including phenoxy) is 3. The largest absolute Gasteiger partial charge is 0.491 e. The number of hydrogen-bond acceptors (Lipinski definition) is 9. The van der Waals surface area contributed by atoms with Crippen molar-refractivity contribution >= 4 is 35.0 Å². The molecule has 0 aliphatic heterocycles. The summed E-state index contributed by atoms with van der Waals surface area (Å²) in [4.78, 5) is 64.8. The summed E-state index contributed by atoms with van der Waals surface area (Å²) in [5.41, 5.74) is 4.00. The maximum atomic E-state index is 13.7. The number of rotatable bonds is 24. The molecule has 14 nitrogen and oxygen atoms in total. The second-order valence-corrected chi connectivity index (χ2v) is 10.4. The number of quaternary nitrogens is 1. The molecular weight excluding hydrogens is 610 g/mol. The normalized spacial score (nSPS) is 12.6. The summed E-state index contributed by atoms with van der Waals surface area (Å²) in [5.74, 6) is -3.48. The average molecular weight is 669 g/mol. The van der Waals surface area contributed by atoms with E-state index in [-0.39, 0.29) is 75.1 Å². The van der Waals surface area contributed by atoms with Gasteiger partial charge in [0, 0.05) is 31.4 Å². The fourth-order valence-corrected chi connectivity index (χ4v) is 4.95. The van der Waals surface area contributed by atoms with E-state index in [1.165, 1.54) is 0 Å². The number of hydroxylamine groups is 2. The van der Waals surface area contributed by atoms with Crippen LogP contribution in [0.15, 0.2) is 6.07 Å². The molecule has 0 radical (unpaired) electrons. The first-order valence-corrected chi connectivity index (χ1v) is 17.0. The van der Waals surface area contributed by atoms with Gasteiger partial charge in [0.1, 0.15) is 36.1 Å². The van der Waals surface area contributed by atoms with Crippen LogP contribution in [0.25, 0.3) is 0 Å². The van der Waals surface area contributed by atoms with Gasteiger partial charge in [-0.2, -0.15) is 0 Å². The molecule has 0 aliphatic rings. The molecule has 1 atom stereocenters. The molecule has 1 unspecified atom stereocenters. The van der Waals surface area contributed by atoms with Crippen molar-refractivity contribution in [1.29, 1.82) is 0 Å². The van der Waals surface area contributed by atoms with Crippen LogP contribution in [0, 0.1) is 0 Å². The molecule has 0 saturated carbocycles. The first-order chi connectivity index (χ1) is 22.5. The number of carbonyl (C=O) groups is 4. The van der Waals surface area contributed by atoms with Crippen molar-refractivity contribution in [3.63, 3.8) is 0 Å². The van der Waals surface area contributed by atoms with Gasteiger partial charge < -0.3 is 20.1 Å². The van der Waals surface area contributed by atoms with E-state index in [1.54, 1.807) is 47.6 Å². The molecule has 47 heavy (non-hydrogen) atoms. The zero-order valence-electron chi connectivity index (χ0n) is 29.9. The molecular formula is C33H58N5O9+. The van der Waals surface area contributed by atoms with Gasteiger partial charge in [0.05, 0.1) is 24.6 Å². The molecule has 0 heterocycles. The Hall–Kier alpha value is -3.30. The van der Waals surface area contributed by atoms with Gasteiger partial charge in [0.25, 0.3) is 5.91 Å². The summed E-state index contributed by atoms with van der Waals surface area (Å²) in [6.07, 6.45) is 2.55. The zero-order valence-corrected chi connectivity index (χ0v) is 29.9. The fraction of sp³-hybridized carbons (Fsp3) is 0.697. The topological polar surface area (TPSA) is 163 Å². The molecule has 4 N–H and O–H groups in total. The summed E-state index contributed by atoms with van der Waals surface area (Å²) in [5, 5.41) is 8.84. The highest BCUT2D eigenvalue weighted by Crippen LogP contribution is 2.46. The Morgan fingerprint density at radius 3 is 1.94 bits per heavy atom. The summed E-state index contributed by atoms with van der Waals surface area (Å²) in [7, 11) is 0. The van der Waals surface area contributed by atoms with Crippen molar-refractivity contribution < 1.29 is 48.0 Å². The lowest BCUT2D eigenvalue weighted by atomic mass is 9.97. The highest BCUT2D eigenvalue weighted by Gasteiger charge is 2.64. The van der Waals surface area contributed by atoms with Gasteiger partial charge in [-0.1, -0.05) is 34.1 Å². The maximum Gasteiger partial charge on any atom is 0.404 e. The van der Waals surface area contributed by atoms with Crippen LogP contribution in [-0.2, 0) is 50.6 Å². The van der Waals surface area contributed by atoms with Crippen LogP contribution in [-0.4, -0.2) is 68.2 Å². The average Bonchev–Trinajstić information content (AvgIpc) is 3.03. The number of unbranched alkanes of at least 4 members (excludes halogenated alkanes) is 1. The first kappa shape index (κ1) is 41.7. The van der Waals surface area contributed by atoms with E-state index in [9.17, 15) is 19.2 Å². The van der Waals surface area contributed by atoms with E-state index < -0.39 is 28.5 Å². The summed E-state index contributed by atoms with van der Waals surface area (Å²) >= 11 is 0. The standard InChI is InChI=1S/C33H57N5O9/c1-10-19-21-29(41)37-38(46-17-8,47-18-9)33(45-16-7,36-28(40)20-11-2)25-22-26(34-30(42)23-43-14-5)32(44-15-6)24(12-3)31(25)35-27(39)13-4/h22H,10-21,23H2,1-9H3,(H3-,34,35,36,37,39,40,41,42)/p+1. The fourth-order valence-electron chi connectivity index (χ4n) is 4.95. The summed E-state index contributed by atoms with van der Waals surface area (Å²) < 4.78 is 18.0. The van der Waals surface area contributed by atoms with Gasteiger partial charge in [0.2, 0.25) is 17.7 Å². The van der Waals surface area contributed by atoms with Crippen LogP contribution in [0.3, 0.4) is 0 Å². The van der Waals surface area contributed by atoms with Crippen LogP contribution in [0.1, 0.15) is 112 Å². The number of benzene rings is 1. The van der Waals surface area contributed by atoms with Gasteiger partial charge in [-0.05, 0) is 59.9 Å². The lowest BCUT2D eigenvalue weighted by Gasteiger charge is -2.45. The van der Waals surface area contributed by atoms with Gasteiger partial charge >= 0.3 is 5.85 Å². The molecule has 0 saturated heterocycles. The van der Waals surface area contributed by atoms with Gasteiger partial charge in [0.15, 0.2) is 0 Å². The Morgan fingerprint density at radius 2 is 1.43 bits per heavy atom. The van der Waals surface area contributed by atoms with Crippen LogP contribution in [0.2, 0.25) is 0 Å². The molecule has 268 valence electrons. The predicted octanol–water partition coefficient (Wildman–Crippen LogP) is 4.98. The van der Waals surface area contributed by atoms with Crippen LogP contribution in [0.4, 0.5) is 11.4 Å². The van der Waals surface area contributed by atoms with E-state index >= 15 is 0 Å². The third kappa shape index (κ3) is 11.1. The van der Waals surface area contributed by atoms with Crippen molar-refractivity contribution in [2.45, 2.75) is 113 Å². The number of hydrogen-bond donors (Lipinski definition) is 4. The Labute approximate surface area is 280 Å². The first-order valence-electron chi connectivity index (χ1n) is 17.0. The molecule has 1 aromatic rings. The quantitative estimate of drug-likeness (QED) is 0.0677. The third-order valence-electron chi connectivity index (χ3n) is 6.89. The lowest BCUT2D eigenvalue weighted by Crippen LogP contribution is -2.76. The van der Waals surface area contributed by atoms with Gasteiger partial charge in [-0.3, -0.25) is 29.2 Å². The highest BCUT2D eigenvalue weighted by atomic mass is 17.1. The van der Waals surface area contributed by atoms with Crippen molar-refractivity contribution in [1.82, 2.24) is 10.7 Å². The minimum absolute atomic E-state index is 0.000744. The number of anilines is 2. The number of carbonyl (C=O) groups excluding carboxylic acids is 4. The molecule has 4 amide bonds. The van der Waals surface area contributed by atoms with Crippen molar-refractivity contribution in [2.24, 2.45) is 0 Å². The minimum Gasteiger partial charge on any atom is -0.491 e. The van der Waals surface area contributed by atoms with Gasteiger partial charge in [-0.15, -0.1) is 15.1 Å².